The molecule has 11 nitrogen and oxygen atoms in total. The molecule has 35 heavy (non-hydrogen) atoms. The topological polar surface area (TPSA) is 195 Å². The molecule has 0 aliphatic carbocycles. The molecule has 0 bridgehead atoms. The fourth-order valence-electron chi connectivity index (χ4n) is 3.63. The molecule has 3 rings (SSSR count). The molecule has 0 fully saturated rings. The zero-order valence-corrected chi connectivity index (χ0v) is 18.6. The zero-order valence-electron chi connectivity index (χ0n) is 18.6. The van der Waals surface area contributed by atoms with E-state index in [1.54, 1.807) is 6.20 Å². The number of nitrogens with one attached hydrogen (secondary N) is 3. The molecule has 0 spiro atoms. The van der Waals surface area contributed by atoms with Gasteiger partial charge in [0.15, 0.2) is 0 Å². The highest BCUT2D eigenvalue weighted by Crippen LogP contribution is 2.19. The van der Waals surface area contributed by atoms with Gasteiger partial charge >= 0.3 is 11.9 Å². The Kier molecular flexibility index (Phi) is 8.05. The second kappa shape index (κ2) is 11.2. The second-order valence-electron chi connectivity index (χ2n) is 8.10. The number of benzene rings is 2. The quantitative estimate of drug-likeness (QED) is 0.205. The van der Waals surface area contributed by atoms with E-state index in [0.717, 1.165) is 16.5 Å². The van der Waals surface area contributed by atoms with Gasteiger partial charge in [-0.3, -0.25) is 14.4 Å². The molecule has 3 unspecified atom stereocenters. The standard InChI is InChI=1S/C24H26N4O7/c25-17(10-14-12-26-18-4-2-1-3-16(14)18)22(32)27-19(11-21(30)31)23(33)28-20(24(34)35)9-13-5-7-15(29)8-6-13/h1-8,12,17,19-20,26,29H,9-11,25H2,(H,27,32)(H,28,33)(H,30,31)(H,34,35). The maximum atomic E-state index is 12.7. The second-order valence-corrected chi connectivity index (χ2v) is 8.10. The number of nitrogens with two attached hydrogens (primary N) is 1. The maximum Gasteiger partial charge on any atom is 0.326 e. The Bertz CT molecular complexity index is 1220. The number of hydrogen-bond acceptors (Lipinski definition) is 6. The summed E-state index contributed by atoms with van der Waals surface area (Å²) < 4.78 is 0. The van der Waals surface area contributed by atoms with Crippen molar-refractivity contribution < 1.29 is 34.5 Å². The van der Waals surface area contributed by atoms with Crippen molar-refractivity contribution in [3.63, 3.8) is 0 Å². The van der Waals surface area contributed by atoms with Crippen LogP contribution >= 0.6 is 0 Å². The monoisotopic (exact) mass is 482 g/mol. The van der Waals surface area contributed by atoms with Gasteiger partial charge in [0.05, 0.1) is 12.5 Å². The maximum absolute atomic E-state index is 12.7. The highest BCUT2D eigenvalue weighted by molar-refractivity contribution is 5.94. The fourth-order valence-corrected chi connectivity index (χ4v) is 3.63. The van der Waals surface area contributed by atoms with E-state index in [1.165, 1.54) is 24.3 Å². The predicted octanol–water partition coefficient (Wildman–Crippen LogP) is 0.515. The summed E-state index contributed by atoms with van der Waals surface area (Å²) in [6.07, 6.45) is 0.980. The number of hydrogen-bond donors (Lipinski definition) is 7. The van der Waals surface area contributed by atoms with Crippen LogP contribution in [0.5, 0.6) is 5.75 Å². The average Bonchev–Trinajstić information content (AvgIpc) is 3.21. The minimum absolute atomic E-state index is 0.00197. The lowest BCUT2D eigenvalue weighted by Crippen LogP contribution is -2.55. The van der Waals surface area contributed by atoms with Gasteiger partial charge in [-0.05, 0) is 35.7 Å². The van der Waals surface area contributed by atoms with Gasteiger partial charge in [0.25, 0.3) is 0 Å². The third-order valence-corrected chi connectivity index (χ3v) is 5.45. The van der Waals surface area contributed by atoms with Crippen molar-refractivity contribution in [2.75, 3.05) is 0 Å². The van der Waals surface area contributed by atoms with Crippen LogP contribution in [-0.2, 0) is 32.0 Å². The zero-order chi connectivity index (χ0) is 25.5. The van der Waals surface area contributed by atoms with E-state index in [-0.39, 0.29) is 18.6 Å². The first-order valence-corrected chi connectivity index (χ1v) is 10.8. The summed E-state index contributed by atoms with van der Waals surface area (Å²) in [4.78, 5) is 51.5. The van der Waals surface area contributed by atoms with Crippen LogP contribution in [0.2, 0.25) is 0 Å². The SMILES string of the molecule is NC(Cc1c[nH]c2ccccc12)C(=O)NC(CC(=O)O)C(=O)NC(Cc1ccc(O)cc1)C(=O)O. The van der Waals surface area contributed by atoms with Crippen LogP contribution in [0.3, 0.4) is 0 Å². The number of carbonyl (C=O) groups excluding carboxylic acids is 2. The summed E-state index contributed by atoms with van der Waals surface area (Å²) >= 11 is 0. The van der Waals surface area contributed by atoms with Crippen molar-refractivity contribution in [2.45, 2.75) is 37.4 Å². The summed E-state index contributed by atoms with van der Waals surface area (Å²) in [5, 5.41) is 33.6. The van der Waals surface area contributed by atoms with Crippen molar-refractivity contribution >= 4 is 34.7 Å². The van der Waals surface area contributed by atoms with Crippen molar-refractivity contribution in [3.05, 3.63) is 65.9 Å². The van der Waals surface area contributed by atoms with Crippen LogP contribution in [0.15, 0.2) is 54.7 Å². The van der Waals surface area contributed by atoms with Gasteiger partial charge in [-0.1, -0.05) is 30.3 Å². The van der Waals surface area contributed by atoms with Gasteiger partial charge in [0.1, 0.15) is 17.8 Å². The molecule has 1 heterocycles. The molecule has 0 aliphatic rings. The normalized spacial score (nSPS) is 13.5. The highest BCUT2D eigenvalue weighted by atomic mass is 16.4. The first-order valence-electron chi connectivity index (χ1n) is 10.8. The predicted molar refractivity (Wildman–Crippen MR) is 126 cm³/mol. The number of aromatic nitrogens is 1. The molecule has 3 aromatic rings. The minimum atomic E-state index is -1.53. The number of aliphatic carboxylic acids is 2. The van der Waals surface area contributed by atoms with Crippen molar-refractivity contribution in [1.29, 1.82) is 0 Å². The summed E-state index contributed by atoms with van der Waals surface area (Å²) in [5.41, 5.74) is 8.19. The molecule has 0 saturated carbocycles. The Morgan fingerprint density at radius 1 is 0.886 bits per heavy atom. The van der Waals surface area contributed by atoms with Crippen LogP contribution in [0, 0.1) is 0 Å². The van der Waals surface area contributed by atoms with Gasteiger partial charge in [-0.25, -0.2) is 4.79 Å². The molecule has 1 aromatic heterocycles. The number of phenolic OH excluding ortho intramolecular Hbond substituents is 1. The molecule has 2 amide bonds. The fraction of sp³-hybridized carbons (Fsp3) is 0.250. The Hall–Kier alpha value is -4.38. The van der Waals surface area contributed by atoms with Gasteiger partial charge in [-0.15, -0.1) is 0 Å². The van der Waals surface area contributed by atoms with E-state index in [9.17, 15) is 34.5 Å². The minimum Gasteiger partial charge on any atom is -0.508 e. The van der Waals surface area contributed by atoms with E-state index < -0.39 is 48.3 Å². The molecule has 184 valence electrons. The number of amides is 2. The number of carboxylic acid groups (broad SMARTS) is 2. The lowest BCUT2D eigenvalue weighted by molar-refractivity contribution is -0.143. The lowest BCUT2D eigenvalue weighted by atomic mass is 10.0. The third kappa shape index (κ3) is 6.81. The van der Waals surface area contributed by atoms with E-state index >= 15 is 0 Å². The number of aromatic amines is 1. The Morgan fingerprint density at radius 3 is 2.20 bits per heavy atom. The lowest BCUT2D eigenvalue weighted by Gasteiger charge is -2.22. The Labute approximate surface area is 199 Å². The number of phenols is 1. The molecule has 0 radical (unpaired) electrons. The van der Waals surface area contributed by atoms with Crippen LogP contribution in [0.1, 0.15) is 17.5 Å². The smallest absolute Gasteiger partial charge is 0.326 e. The molecule has 11 heteroatoms. The summed E-state index contributed by atoms with van der Waals surface area (Å²) in [6, 6.07) is 9.18. The number of fused-ring (bicyclic) bond motifs is 1. The average molecular weight is 482 g/mol. The number of H-pyrrole nitrogens is 1. The number of rotatable bonds is 11. The number of carbonyl (C=O) groups is 4. The summed E-state index contributed by atoms with van der Waals surface area (Å²) in [7, 11) is 0. The molecular weight excluding hydrogens is 456 g/mol. The van der Waals surface area contributed by atoms with Crippen molar-refractivity contribution in [3.8, 4) is 5.75 Å². The first-order chi connectivity index (χ1) is 16.6. The van der Waals surface area contributed by atoms with Gasteiger partial charge in [0, 0.05) is 23.5 Å². The number of para-hydroxylation sites is 1. The molecule has 3 atom stereocenters. The van der Waals surface area contributed by atoms with Gasteiger partial charge in [0.2, 0.25) is 11.8 Å². The molecule has 0 saturated heterocycles. The molecule has 0 aliphatic heterocycles. The van der Waals surface area contributed by atoms with Crippen molar-refractivity contribution in [1.82, 2.24) is 15.6 Å². The first kappa shape index (κ1) is 25.2. The number of aromatic hydroxyl groups is 1. The van der Waals surface area contributed by atoms with Crippen LogP contribution in [0.25, 0.3) is 10.9 Å². The summed E-state index contributed by atoms with van der Waals surface area (Å²) in [5.74, 6) is -4.42. The van der Waals surface area contributed by atoms with Crippen LogP contribution in [0.4, 0.5) is 0 Å². The van der Waals surface area contributed by atoms with Crippen LogP contribution < -0.4 is 16.4 Å². The summed E-state index contributed by atoms with van der Waals surface area (Å²) in [6.45, 7) is 0. The Balaban J connectivity index is 1.67. The van der Waals surface area contributed by atoms with E-state index in [1.807, 2.05) is 24.3 Å². The molecular formula is C24H26N4O7. The van der Waals surface area contributed by atoms with Crippen LogP contribution in [-0.4, -0.2) is 62.2 Å². The van der Waals surface area contributed by atoms with E-state index in [2.05, 4.69) is 15.6 Å². The van der Waals surface area contributed by atoms with E-state index in [0.29, 0.717) is 5.56 Å². The largest absolute Gasteiger partial charge is 0.508 e. The van der Waals surface area contributed by atoms with Crippen molar-refractivity contribution in [2.24, 2.45) is 5.73 Å². The number of carboxylic acids is 2. The Morgan fingerprint density at radius 2 is 1.54 bits per heavy atom. The van der Waals surface area contributed by atoms with Gasteiger partial charge < -0.3 is 36.7 Å². The molecule has 8 N–H and O–H groups in total. The highest BCUT2D eigenvalue weighted by Gasteiger charge is 2.30. The van der Waals surface area contributed by atoms with E-state index in [4.69, 9.17) is 5.73 Å². The van der Waals surface area contributed by atoms with Gasteiger partial charge in [-0.2, -0.15) is 0 Å². The molecule has 2 aromatic carbocycles. The third-order valence-electron chi connectivity index (χ3n) is 5.45.